The van der Waals surface area contributed by atoms with Crippen LogP contribution in [0.2, 0.25) is 0 Å². The molecule has 2 rings (SSSR count). The first-order valence-electron chi connectivity index (χ1n) is 5.85. The fourth-order valence-corrected chi connectivity index (χ4v) is 2.16. The number of hydrogen-bond donors (Lipinski definition) is 3. The first kappa shape index (κ1) is 10.7. The molecular formula is C10H21N5. The molecule has 1 atom stereocenters. The third kappa shape index (κ3) is 2.82. The monoisotopic (exact) mass is 211 g/mol. The third-order valence-corrected chi connectivity index (χ3v) is 3.08. The van der Waals surface area contributed by atoms with Crippen LogP contribution in [0.4, 0.5) is 0 Å². The Kier molecular flexibility index (Phi) is 3.43. The number of guanidine groups is 1. The largest absolute Gasteiger partial charge is 0.351 e. The fourth-order valence-electron chi connectivity index (χ4n) is 2.16. The number of nitrogens with one attached hydrogen (secondary N) is 2. The molecule has 15 heavy (non-hydrogen) atoms. The van der Waals surface area contributed by atoms with Crippen LogP contribution in [0.15, 0.2) is 4.99 Å². The molecule has 2 aliphatic rings. The van der Waals surface area contributed by atoms with Crippen molar-refractivity contribution >= 4 is 5.96 Å². The summed E-state index contributed by atoms with van der Waals surface area (Å²) in [5.74, 6) is 6.11. The Morgan fingerprint density at radius 2 is 2.27 bits per heavy atom. The van der Waals surface area contributed by atoms with Crippen molar-refractivity contribution in [3.8, 4) is 0 Å². The second kappa shape index (κ2) is 4.81. The summed E-state index contributed by atoms with van der Waals surface area (Å²) in [6.07, 6.45) is 3.97. The van der Waals surface area contributed by atoms with Gasteiger partial charge in [-0.1, -0.05) is 0 Å². The van der Waals surface area contributed by atoms with Crippen molar-refractivity contribution < 1.29 is 0 Å². The summed E-state index contributed by atoms with van der Waals surface area (Å²) in [5, 5.41) is 3.35. The minimum atomic E-state index is 0.506. The van der Waals surface area contributed by atoms with Gasteiger partial charge in [-0.2, -0.15) is 0 Å². The lowest BCUT2D eigenvalue weighted by molar-refractivity contribution is 0.321. The zero-order valence-electron chi connectivity index (χ0n) is 9.37. The molecule has 1 aliphatic carbocycles. The van der Waals surface area contributed by atoms with Gasteiger partial charge in [0.2, 0.25) is 5.96 Å². The molecule has 1 aliphatic heterocycles. The SMILES string of the molecule is CCN=C(NN)NC1CCN(C2CC2)C1. The molecule has 2 fully saturated rings. The molecule has 1 saturated carbocycles. The lowest BCUT2D eigenvalue weighted by Gasteiger charge is -2.17. The Hall–Kier alpha value is -0.810. The average molecular weight is 211 g/mol. The predicted molar refractivity (Wildman–Crippen MR) is 61.4 cm³/mol. The molecule has 0 aromatic heterocycles. The number of nitrogens with two attached hydrogens (primary N) is 1. The molecule has 4 N–H and O–H groups in total. The van der Waals surface area contributed by atoms with E-state index in [4.69, 9.17) is 5.84 Å². The van der Waals surface area contributed by atoms with Gasteiger partial charge < -0.3 is 5.32 Å². The van der Waals surface area contributed by atoms with Crippen LogP contribution in [-0.4, -0.2) is 42.6 Å². The summed E-state index contributed by atoms with van der Waals surface area (Å²) in [4.78, 5) is 6.81. The first-order chi connectivity index (χ1) is 7.33. The summed E-state index contributed by atoms with van der Waals surface area (Å²) in [5.41, 5.74) is 2.61. The summed E-state index contributed by atoms with van der Waals surface area (Å²) in [7, 11) is 0. The average Bonchev–Trinajstić information content (AvgIpc) is 2.99. The molecule has 0 amide bonds. The van der Waals surface area contributed by atoms with E-state index in [0.717, 1.165) is 25.1 Å². The predicted octanol–water partition coefficient (Wildman–Crippen LogP) is -0.348. The Morgan fingerprint density at radius 1 is 1.47 bits per heavy atom. The van der Waals surface area contributed by atoms with Gasteiger partial charge in [0, 0.05) is 31.7 Å². The molecule has 0 aromatic rings. The highest BCUT2D eigenvalue weighted by Gasteiger charge is 2.34. The van der Waals surface area contributed by atoms with E-state index in [9.17, 15) is 0 Å². The number of nitrogens with zero attached hydrogens (tertiary/aromatic N) is 2. The van der Waals surface area contributed by atoms with Crippen molar-refractivity contribution in [1.29, 1.82) is 0 Å². The normalized spacial score (nSPS) is 28.1. The third-order valence-electron chi connectivity index (χ3n) is 3.08. The first-order valence-corrected chi connectivity index (χ1v) is 5.85. The summed E-state index contributed by atoms with van der Waals surface area (Å²) < 4.78 is 0. The van der Waals surface area contributed by atoms with Crippen LogP contribution >= 0.6 is 0 Å². The maximum Gasteiger partial charge on any atom is 0.205 e. The molecule has 86 valence electrons. The van der Waals surface area contributed by atoms with Crippen LogP contribution < -0.4 is 16.6 Å². The molecular weight excluding hydrogens is 190 g/mol. The van der Waals surface area contributed by atoms with E-state index < -0.39 is 0 Å². The highest BCUT2D eigenvalue weighted by atomic mass is 15.4. The maximum absolute atomic E-state index is 5.39. The van der Waals surface area contributed by atoms with Crippen molar-refractivity contribution in [3.63, 3.8) is 0 Å². The van der Waals surface area contributed by atoms with Crippen LogP contribution in [0.5, 0.6) is 0 Å². The van der Waals surface area contributed by atoms with Gasteiger partial charge in [0.25, 0.3) is 0 Å². The van der Waals surface area contributed by atoms with Gasteiger partial charge in [-0.05, 0) is 26.2 Å². The molecule has 5 nitrogen and oxygen atoms in total. The van der Waals surface area contributed by atoms with Crippen LogP contribution in [0.1, 0.15) is 26.2 Å². The van der Waals surface area contributed by atoms with Gasteiger partial charge in [-0.3, -0.25) is 15.3 Å². The molecule has 0 spiro atoms. The van der Waals surface area contributed by atoms with E-state index in [1.54, 1.807) is 0 Å². The highest BCUT2D eigenvalue weighted by Crippen LogP contribution is 2.29. The minimum absolute atomic E-state index is 0.506. The van der Waals surface area contributed by atoms with Crippen LogP contribution in [0.25, 0.3) is 0 Å². The second-order valence-electron chi connectivity index (χ2n) is 4.32. The zero-order chi connectivity index (χ0) is 10.7. The lowest BCUT2D eigenvalue weighted by Crippen LogP contribution is -2.47. The quantitative estimate of drug-likeness (QED) is 0.258. The van der Waals surface area contributed by atoms with E-state index >= 15 is 0 Å². The molecule has 1 heterocycles. The Morgan fingerprint density at radius 3 is 2.87 bits per heavy atom. The Balaban J connectivity index is 1.77. The topological polar surface area (TPSA) is 65.7 Å². The van der Waals surface area contributed by atoms with Gasteiger partial charge in [-0.15, -0.1) is 0 Å². The Bertz CT molecular complexity index is 236. The van der Waals surface area contributed by atoms with Crippen molar-refractivity contribution in [1.82, 2.24) is 15.6 Å². The molecule has 0 radical (unpaired) electrons. The second-order valence-corrected chi connectivity index (χ2v) is 4.32. The molecule has 5 heteroatoms. The Labute approximate surface area is 91.1 Å². The van der Waals surface area contributed by atoms with Gasteiger partial charge in [0.15, 0.2) is 0 Å². The van der Waals surface area contributed by atoms with E-state index in [1.807, 2.05) is 6.92 Å². The summed E-state index contributed by atoms with van der Waals surface area (Å²) in [6.45, 7) is 5.11. The minimum Gasteiger partial charge on any atom is -0.351 e. The van der Waals surface area contributed by atoms with Crippen molar-refractivity contribution in [3.05, 3.63) is 0 Å². The van der Waals surface area contributed by atoms with Gasteiger partial charge in [0.1, 0.15) is 0 Å². The lowest BCUT2D eigenvalue weighted by atomic mass is 10.3. The highest BCUT2D eigenvalue weighted by molar-refractivity contribution is 5.79. The van der Waals surface area contributed by atoms with Gasteiger partial charge in [0.05, 0.1) is 0 Å². The number of likely N-dealkylation sites (tertiary alicyclic amines) is 1. The van der Waals surface area contributed by atoms with Crippen molar-refractivity contribution in [2.45, 2.75) is 38.3 Å². The molecule has 0 bridgehead atoms. The fraction of sp³-hybridized carbons (Fsp3) is 0.900. The van der Waals surface area contributed by atoms with Crippen molar-refractivity contribution in [2.75, 3.05) is 19.6 Å². The van der Waals surface area contributed by atoms with E-state index in [0.29, 0.717) is 6.04 Å². The number of aliphatic imine (C=N–C) groups is 1. The summed E-state index contributed by atoms with van der Waals surface area (Å²) in [6, 6.07) is 1.38. The number of rotatable bonds is 3. The number of hydrazine groups is 1. The van der Waals surface area contributed by atoms with Gasteiger partial charge in [-0.25, -0.2) is 5.84 Å². The molecule has 1 saturated heterocycles. The van der Waals surface area contributed by atoms with Gasteiger partial charge >= 0.3 is 0 Å². The summed E-state index contributed by atoms with van der Waals surface area (Å²) >= 11 is 0. The smallest absolute Gasteiger partial charge is 0.205 e. The van der Waals surface area contributed by atoms with Crippen LogP contribution in [-0.2, 0) is 0 Å². The van der Waals surface area contributed by atoms with E-state index in [2.05, 4.69) is 20.6 Å². The van der Waals surface area contributed by atoms with E-state index in [-0.39, 0.29) is 0 Å². The zero-order valence-corrected chi connectivity index (χ0v) is 9.37. The molecule has 0 aromatic carbocycles. The van der Waals surface area contributed by atoms with Crippen LogP contribution in [0.3, 0.4) is 0 Å². The van der Waals surface area contributed by atoms with E-state index in [1.165, 1.54) is 25.8 Å². The standard InChI is InChI=1S/C10H21N5/c1-2-12-10(14-11)13-8-5-6-15(7-8)9-3-4-9/h8-9H,2-7,11H2,1H3,(H2,12,13,14). The van der Waals surface area contributed by atoms with Crippen molar-refractivity contribution in [2.24, 2.45) is 10.8 Å². The van der Waals surface area contributed by atoms with Crippen LogP contribution in [0, 0.1) is 0 Å². The molecule has 1 unspecified atom stereocenters. The maximum atomic E-state index is 5.39. The number of hydrogen-bond acceptors (Lipinski definition) is 3.